The highest BCUT2D eigenvalue weighted by Crippen LogP contribution is 2.17. The van der Waals surface area contributed by atoms with E-state index in [1.54, 1.807) is 0 Å². The van der Waals surface area contributed by atoms with Gasteiger partial charge in [-0.15, -0.1) is 4.24 Å². The molecule has 0 aromatic rings. The van der Waals surface area contributed by atoms with Crippen LogP contribution < -0.4 is 4.24 Å². The van der Waals surface area contributed by atoms with Crippen LogP contribution in [0.25, 0.3) is 0 Å². The Balaban J connectivity index is 4.06. The van der Waals surface area contributed by atoms with Crippen molar-refractivity contribution in [2.24, 2.45) is 0 Å². The second-order valence-corrected chi connectivity index (χ2v) is 4.75. The molecule has 0 bridgehead atoms. The number of nitrogens with one attached hydrogen (secondary N) is 1. The summed E-state index contributed by atoms with van der Waals surface area (Å²) in [5.74, 6) is 0. The summed E-state index contributed by atoms with van der Waals surface area (Å²) < 4.78 is 33.9. The lowest BCUT2D eigenvalue weighted by Gasteiger charge is -2.06. The molecular weight excluding hydrogens is 226 g/mol. The first-order valence-corrected chi connectivity index (χ1v) is 4.92. The smallest absolute Gasteiger partial charge is 0.238 e. The Morgan fingerprint density at radius 2 is 2.20 bits per heavy atom. The standard InChI is InChI=1S/CH3Cl2FN2O2S2/c2-5-10(7,8)6(3)9-1-4/h5H,1H2. The first kappa shape index (κ1) is 10.7. The zero-order valence-electron chi connectivity index (χ0n) is 4.42. The maximum atomic E-state index is 11.4. The van der Waals surface area contributed by atoms with Crippen LogP contribution in [0.15, 0.2) is 0 Å². The summed E-state index contributed by atoms with van der Waals surface area (Å²) in [5.41, 5.74) is 0. The number of hydrogen-bond donors (Lipinski definition) is 1. The summed E-state index contributed by atoms with van der Waals surface area (Å²) in [6, 6.07) is -0.943. The monoisotopic (exact) mass is 228 g/mol. The summed E-state index contributed by atoms with van der Waals surface area (Å²) >= 11 is 9.98. The topological polar surface area (TPSA) is 49.4 Å². The van der Waals surface area contributed by atoms with E-state index in [1.165, 1.54) is 4.24 Å². The van der Waals surface area contributed by atoms with Gasteiger partial charge in [0, 0.05) is 11.8 Å². The SMILES string of the molecule is O=S(=O)(NCl)N(Cl)SCF. The van der Waals surface area contributed by atoms with Crippen LogP contribution in [0.2, 0.25) is 0 Å². The van der Waals surface area contributed by atoms with E-state index in [0.717, 1.165) is 0 Å². The molecule has 0 aliphatic carbocycles. The van der Waals surface area contributed by atoms with E-state index >= 15 is 0 Å². The molecule has 10 heavy (non-hydrogen) atoms. The largest absolute Gasteiger partial charge is 0.316 e. The lowest BCUT2D eigenvalue weighted by Crippen LogP contribution is -2.24. The number of alkyl halides is 1. The van der Waals surface area contributed by atoms with Gasteiger partial charge in [0.05, 0.1) is 0 Å². The molecule has 0 saturated heterocycles. The van der Waals surface area contributed by atoms with Gasteiger partial charge in [0.1, 0.15) is 0 Å². The van der Waals surface area contributed by atoms with Crippen LogP contribution in [0, 0.1) is 0 Å². The molecule has 0 radical (unpaired) electrons. The lowest BCUT2D eigenvalue weighted by atomic mass is 11.8. The lowest BCUT2D eigenvalue weighted by molar-refractivity contribution is 0.573. The third-order valence-corrected chi connectivity index (χ3v) is 3.64. The second-order valence-electron chi connectivity index (χ2n) is 1.00. The first-order chi connectivity index (χ1) is 4.54. The van der Waals surface area contributed by atoms with Gasteiger partial charge < -0.3 is 0 Å². The van der Waals surface area contributed by atoms with E-state index in [2.05, 4.69) is 0 Å². The molecule has 9 heteroatoms. The molecule has 1 N–H and O–H groups in total. The first-order valence-electron chi connectivity index (χ1n) is 1.82. The predicted molar refractivity (Wildman–Crippen MR) is 39.2 cm³/mol. The van der Waals surface area contributed by atoms with E-state index in [9.17, 15) is 12.8 Å². The van der Waals surface area contributed by atoms with E-state index in [4.69, 9.17) is 23.6 Å². The van der Waals surface area contributed by atoms with Crippen molar-refractivity contribution in [2.75, 3.05) is 6.01 Å². The van der Waals surface area contributed by atoms with Crippen LogP contribution in [-0.4, -0.2) is 17.7 Å². The number of hydrogen-bond acceptors (Lipinski definition) is 3. The minimum Gasteiger partial charge on any atom is -0.238 e. The van der Waals surface area contributed by atoms with Gasteiger partial charge in [0.2, 0.25) is 0 Å². The van der Waals surface area contributed by atoms with Crippen LogP contribution in [0.1, 0.15) is 0 Å². The van der Waals surface area contributed by atoms with Gasteiger partial charge in [0.25, 0.3) is 0 Å². The summed E-state index contributed by atoms with van der Waals surface area (Å²) in [6.07, 6.45) is 0. The Labute approximate surface area is 72.2 Å². The zero-order valence-corrected chi connectivity index (χ0v) is 7.57. The van der Waals surface area contributed by atoms with Gasteiger partial charge >= 0.3 is 10.2 Å². The van der Waals surface area contributed by atoms with Crippen LogP contribution >= 0.6 is 35.5 Å². The normalized spacial score (nSPS) is 12.4. The molecule has 0 saturated carbocycles. The van der Waals surface area contributed by atoms with Crippen molar-refractivity contribution < 1.29 is 12.8 Å². The van der Waals surface area contributed by atoms with Crippen molar-refractivity contribution >= 4 is 45.7 Å². The van der Waals surface area contributed by atoms with Gasteiger partial charge in [-0.05, 0) is 27.0 Å². The molecule has 0 heterocycles. The molecule has 0 unspecified atom stereocenters. The molecule has 0 aliphatic rings. The minimum atomic E-state index is -3.92. The van der Waals surface area contributed by atoms with Gasteiger partial charge in [-0.3, -0.25) is 0 Å². The van der Waals surface area contributed by atoms with E-state index in [0.29, 0.717) is 0 Å². The fourth-order valence-corrected chi connectivity index (χ4v) is 1.70. The molecule has 0 spiro atoms. The van der Waals surface area contributed by atoms with Crippen LogP contribution in [0.3, 0.4) is 0 Å². The maximum absolute atomic E-state index is 11.4. The fraction of sp³-hybridized carbons (Fsp3) is 1.00. The van der Waals surface area contributed by atoms with Crippen LogP contribution in [0.5, 0.6) is 0 Å². The van der Waals surface area contributed by atoms with E-state index < -0.39 is 16.2 Å². The summed E-state index contributed by atoms with van der Waals surface area (Å²) in [4.78, 5) is 0. The van der Waals surface area contributed by atoms with Crippen molar-refractivity contribution in [3.8, 4) is 0 Å². The molecule has 0 amide bonds. The van der Waals surface area contributed by atoms with Crippen molar-refractivity contribution in [1.29, 1.82) is 0 Å². The number of halogens is 3. The molecule has 4 nitrogen and oxygen atoms in total. The average Bonchev–Trinajstić information content (AvgIpc) is 1.89. The molecule has 0 atom stereocenters. The minimum absolute atomic E-state index is 0.167. The van der Waals surface area contributed by atoms with E-state index in [1.807, 2.05) is 0 Å². The summed E-state index contributed by atoms with van der Waals surface area (Å²) in [7, 11) is -3.92. The second kappa shape index (κ2) is 4.58. The van der Waals surface area contributed by atoms with Crippen molar-refractivity contribution in [3.05, 3.63) is 0 Å². The molecule has 0 rings (SSSR count). The predicted octanol–water partition coefficient (Wildman–Crippen LogP) is 1.01. The van der Waals surface area contributed by atoms with Crippen molar-refractivity contribution in [2.45, 2.75) is 0 Å². The Morgan fingerprint density at radius 1 is 1.70 bits per heavy atom. The Kier molecular flexibility index (Phi) is 4.91. The fourth-order valence-electron chi connectivity index (χ4n) is 0.135. The third kappa shape index (κ3) is 3.22. The van der Waals surface area contributed by atoms with Crippen molar-refractivity contribution in [3.63, 3.8) is 0 Å². The van der Waals surface area contributed by atoms with Gasteiger partial charge in [0.15, 0.2) is 6.01 Å². The molecule has 0 aliphatic heterocycles. The molecular formula is CH3Cl2FN2O2S2. The molecule has 0 aromatic carbocycles. The Bertz CT molecular complexity index is 184. The average molecular weight is 229 g/mol. The summed E-state index contributed by atoms with van der Waals surface area (Å²) in [6.45, 7) is 0. The van der Waals surface area contributed by atoms with E-state index in [-0.39, 0.29) is 15.2 Å². The Morgan fingerprint density at radius 3 is 2.50 bits per heavy atom. The van der Waals surface area contributed by atoms with Gasteiger partial charge in [-0.25, -0.2) is 4.39 Å². The highest BCUT2D eigenvalue weighted by atomic mass is 35.5. The highest BCUT2D eigenvalue weighted by molar-refractivity contribution is 8.09. The zero-order chi connectivity index (χ0) is 8.20. The van der Waals surface area contributed by atoms with Crippen molar-refractivity contribution in [1.82, 2.24) is 7.47 Å². The highest BCUT2D eigenvalue weighted by Gasteiger charge is 2.18. The van der Waals surface area contributed by atoms with Crippen LogP contribution in [0.4, 0.5) is 4.39 Å². The van der Waals surface area contributed by atoms with Crippen LogP contribution in [-0.2, 0) is 10.2 Å². The Hall–Kier alpha value is 0.730. The number of rotatable bonds is 4. The quantitative estimate of drug-likeness (QED) is 0.578. The van der Waals surface area contributed by atoms with Gasteiger partial charge in [-0.2, -0.15) is 8.42 Å². The maximum Gasteiger partial charge on any atom is 0.316 e. The molecule has 0 fully saturated rings. The van der Waals surface area contributed by atoms with Gasteiger partial charge in [-0.1, -0.05) is 0 Å². The molecule has 0 aromatic heterocycles. The third-order valence-electron chi connectivity index (χ3n) is 0.437. The molecule has 62 valence electrons. The summed E-state index contributed by atoms with van der Waals surface area (Å²) in [5, 5.41) is 0. The number of nitrogens with zero attached hydrogens (tertiary/aromatic N) is 1.